The zero-order chi connectivity index (χ0) is 20.6. The van der Waals surface area contributed by atoms with Crippen LogP contribution < -0.4 is 67.3 Å². The van der Waals surface area contributed by atoms with Crippen LogP contribution in [0.15, 0.2) is 61.2 Å². The van der Waals surface area contributed by atoms with Crippen molar-refractivity contribution in [3.63, 3.8) is 0 Å². The molecule has 0 aliphatic rings. The van der Waals surface area contributed by atoms with Crippen LogP contribution in [0.3, 0.4) is 0 Å². The molecule has 3 N–H and O–H groups in total. The maximum Gasteiger partial charge on any atom is 1.00 e. The van der Waals surface area contributed by atoms with E-state index in [0.29, 0.717) is 5.56 Å². The Morgan fingerprint density at radius 3 is 2.83 bits per heavy atom. The van der Waals surface area contributed by atoms with Gasteiger partial charge in [-0.05, 0) is 43.2 Å². The van der Waals surface area contributed by atoms with E-state index in [1.807, 2.05) is 56.4 Å². The van der Waals surface area contributed by atoms with Crippen LogP contribution in [-0.4, -0.2) is 15.9 Å². The van der Waals surface area contributed by atoms with E-state index in [1.54, 1.807) is 18.6 Å². The van der Waals surface area contributed by atoms with Crippen molar-refractivity contribution in [2.45, 2.75) is 33.2 Å². The zero-order valence-electron chi connectivity index (χ0n) is 17.9. The molecule has 0 radical (unpaired) electrons. The van der Waals surface area contributed by atoms with E-state index in [2.05, 4.69) is 39.0 Å². The standard InChI is InChI=1S/C23H25N5O.K/c1-4-18-11-22(27-14-18)26-9-8-25-17(3)19-6-5-7-21(12-19)28-23(29)20-10-16(2)13-24-15-20;/h5-7,9-15,17,25H,4H2,1-3H3,(H,26,27)(H,28,29);/q-2;+1. The number of carbonyl (C=O) groups excluding carboxylic acids is 1. The fraction of sp³-hybridized carbons (Fsp3) is 0.217. The number of anilines is 2. The number of carbonyl (C=O) groups is 1. The third-order valence-electron chi connectivity index (χ3n) is 4.47. The van der Waals surface area contributed by atoms with Gasteiger partial charge >= 0.3 is 51.4 Å². The number of rotatable bonds is 8. The first-order valence-corrected chi connectivity index (χ1v) is 9.59. The van der Waals surface area contributed by atoms with Crippen molar-refractivity contribution in [2.24, 2.45) is 0 Å². The summed E-state index contributed by atoms with van der Waals surface area (Å²) in [5, 5.41) is 9.21. The molecule has 1 unspecified atom stereocenters. The number of aromatic nitrogens is 2. The van der Waals surface area contributed by atoms with Gasteiger partial charge in [0, 0.05) is 29.9 Å². The molecule has 0 fully saturated rings. The van der Waals surface area contributed by atoms with Crippen molar-refractivity contribution in [2.75, 3.05) is 10.6 Å². The van der Waals surface area contributed by atoms with E-state index < -0.39 is 0 Å². The zero-order valence-corrected chi connectivity index (χ0v) is 21.0. The van der Waals surface area contributed by atoms with Crippen LogP contribution in [0.1, 0.15) is 46.9 Å². The Bertz CT molecular complexity index is 999. The van der Waals surface area contributed by atoms with Crippen molar-refractivity contribution in [3.05, 3.63) is 89.6 Å². The van der Waals surface area contributed by atoms with Gasteiger partial charge in [0.05, 0.1) is 5.56 Å². The Kier molecular flexibility index (Phi) is 9.81. The Labute approximate surface area is 220 Å². The molecule has 0 aliphatic heterocycles. The summed E-state index contributed by atoms with van der Waals surface area (Å²) in [5.74, 6) is 0.627. The number of hydrogen-bond acceptors (Lipinski definition) is 5. The van der Waals surface area contributed by atoms with Crippen molar-refractivity contribution in [3.8, 4) is 0 Å². The normalized spacial score (nSPS) is 11.6. The smallest absolute Gasteiger partial charge is 0.560 e. The van der Waals surface area contributed by atoms with Crippen LogP contribution in [0.2, 0.25) is 0 Å². The summed E-state index contributed by atoms with van der Waals surface area (Å²) >= 11 is 0. The molecule has 1 atom stereocenters. The average Bonchev–Trinajstić information content (AvgIpc) is 3.19. The van der Waals surface area contributed by atoms with Gasteiger partial charge in [0.2, 0.25) is 0 Å². The van der Waals surface area contributed by atoms with Gasteiger partial charge in [-0.2, -0.15) is 17.8 Å². The van der Waals surface area contributed by atoms with Crippen molar-refractivity contribution in [1.29, 1.82) is 0 Å². The molecule has 3 rings (SSSR count). The van der Waals surface area contributed by atoms with Gasteiger partial charge in [0.25, 0.3) is 5.91 Å². The van der Waals surface area contributed by atoms with Crippen LogP contribution in [0.4, 0.5) is 11.5 Å². The summed E-state index contributed by atoms with van der Waals surface area (Å²) in [6, 6.07) is 11.6. The molecule has 150 valence electrons. The summed E-state index contributed by atoms with van der Waals surface area (Å²) in [7, 11) is 0. The number of nitrogens with one attached hydrogen (secondary N) is 3. The Balaban J connectivity index is 0.00000320. The first-order chi connectivity index (χ1) is 14.0. The molecular weight excluding hydrogens is 401 g/mol. The van der Waals surface area contributed by atoms with Gasteiger partial charge in [-0.3, -0.25) is 9.78 Å². The topological polar surface area (TPSA) is 78.9 Å². The van der Waals surface area contributed by atoms with E-state index in [-0.39, 0.29) is 63.3 Å². The Hall–Kier alpha value is -1.90. The molecule has 7 heteroatoms. The van der Waals surface area contributed by atoms with Gasteiger partial charge in [-0.1, -0.05) is 25.5 Å². The van der Waals surface area contributed by atoms with Gasteiger partial charge in [0.1, 0.15) is 0 Å². The maximum absolute atomic E-state index is 12.4. The Morgan fingerprint density at radius 1 is 1.27 bits per heavy atom. The predicted molar refractivity (Wildman–Crippen MR) is 116 cm³/mol. The minimum atomic E-state index is -0.178. The van der Waals surface area contributed by atoms with Crippen LogP contribution in [0.25, 0.3) is 0 Å². The Morgan fingerprint density at radius 2 is 2.10 bits per heavy atom. The van der Waals surface area contributed by atoms with E-state index in [4.69, 9.17) is 0 Å². The van der Waals surface area contributed by atoms with E-state index >= 15 is 0 Å². The maximum atomic E-state index is 12.4. The van der Waals surface area contributed by atoms with Crippen molar-refractivity contribution < 1.29 is 56.2 Å². The molecule has 1 amide bonds. The molecule has 6 nitrogen and oxygen atoms in total. The number of benzene rings is 1. The minimum Gasteiger partial charge on any atom is -0.560 e. The summed E-state index contributed by atoms with van der Waals surface area (Å²) in [5.41, 5.74) is 4.45. The third kappa shape index (κ3) is 7.11. The number of hydrogen-bond donors (Lipinski definition) is 3. The van der Waals surface area contributed by atoms with Crippen LogP contribution in [-0.2, 0) is 6.42 Å². The second kappa shape index (κ2) is 12.1. The number of nitrogens with zero attached hydrogens (tertiary/aromatic N) is 2. The van der Waals surface area contributed by atoms with Crippen LogP contribution >= 0.6 is 0 Å². The monoisotopic (exact) mass is 426 g/mol. The van der Waals surface area contributed by atoms with E-state index in [0.717, 1.165) is 29.1 Å². The first-order valence-electron chi connectivity index (χ1n) is 9.59. The molecule has 3 aromatic rings. The second-order valence-corrected chi connectivity index (χ2v) is 6.85. The van der Waals surface area contributed by atoms with Gasteiger partial charge < -0.3 is 27.1 Å². The molecular formula is C23H25KN5O-. The van der Waals surface area contributed by atoms with Crippen LogP contribution in [0, 0.1) is 13.1 Å². The molecule has 2 heterocycles. The SMILES string of the molecule is CCc1cnc(NC=[C-]NC(C)c2cccc(NC(=O)c3cncc(C)c3)c2)[cH-]1.[K+]. The second-order valence-electron chi connectivity index (χ2n) is 6.85. The van der Waals surface area contributed by atoms with E-state index in [1.165, 1.54) is 5.56 Å². The van der Waals surface area contributed by atoms with Gasteiger partial charge in [-0.15, -0.1) is 6.20 Å². The van der Waals surface area contributed by atoms with Crippen LogP contribution in [0.5, 0.6) is 0 Å². The van der Waals surface area contributed by atoms with Crippen molar-refractivity contribution >= 4 is 17.4 Å². The van der Waals surface area contributed by atoms with Crippen molar-refractivity contribution in [1.82, 2.24) is 15.3 Å². The van der Waals surface area contributed by atoms with E-state index in [9.17, 15) is 4.79 Å². The molecule has 1 aromatic carbocycles. The number of aryl methyl sites for hydroxylation is 2. The largest absolute Gasteiger partial charge is 1.00 e. The summed E-state index contributed by atoms with van der Waals surface area (Å²) in [6.45, 7) is 6.04. The molecule has 0 spiro atoms. The summed E-state index contributed by atoms with van der Waals surface area (Å²) in [6.07, 6.45) is 10.8. The average molecular weight is 427 g/mol. The fourth-order valence-electron chi connectivity index (χ4n) is 2.80. The molecule has 0 aliphatic carbocycles. The fourth-order valence-corrected chi connectivity index (χ4v) is 2.80. The molecule has 0 saturated carbocycles. The number of amides is 1. The summed E-state index contributed by atoms with van der Waals surface area (Å²) < 4.78 is 0. The predicted octanol–water partition coefficient (Wildman–Crippen LogP) is 1.36. The third-order valence-corrected chi connectivity index (χ3v) is 4.47. The molecule has 0 bridgehead atoms. The minimum absolute atomic E-state index is 0. The quantitative estimate of drug-likeness (QED) is 0.288. The van der Waals surface area contributed by atoms with Gasteiger partial charge in [0.15, 0.2) is 0 Å². The number of pyridine rings is 1. The molecule has 30 heavy (non-hydrogen) atoms. The molecule has 2 aromatic heterocycles. The summed E-state index contributed by atoms with van der Waals surface area (Å²) in [4.78, 5) is 20.8. The molecule has 0 saturated heterocycles. The first kappa shape index (κ1) is 24.4. The van der Waals surface area contributed by atoms with Gasteiger partial charge in [-0.25, -0.2) is 0 Å².